The van der Waals surface area contributed by atoms with Gasteiger partial charge in [0.15, 0.2) is 16.6 Å². The van der Waals surface area contributed by atoms with Crippen LogP contribution in [0.15, 0.2) is 60.1 Å². The normalized spacial score (nSPS) is 10.7. The van der Waals surface area contributed by atoms with E-state index in [1.165, 1.54) is 0 Å². The molecule has 0 unspecified atom stereocenters. The highest BCUT2D eigenvalue weighted by Crippen LogP contribution is 2.34. The zero-order chi connectivity index (χ0) is 17.9. The number of aromatic nitrogens is 2. The van der Waals surface area contributed by atoms with Crippen LogP contribution < -0.4 is 14.8 Å². The van der Waals surface area contributed by atoms with Crippen LogP contribution in [0.1, 0.15) is 0 Å². The van der Waals surface area contributed by atoms with Crippen LogP contribution in [0.4, 0.5) is 10.8 Å². The molecule has 0 bridgehead atoms. The van der Waals surface area contributed by atoms with Crippen LogP contribution in [0.2, 0.25) is 0 Å². The number of nitrogens with zero attached hydrogens (tertiary/aromatic N) is 2. The van der Waals surface area contributed by atoms with E-state index in [0.717, 1.165) is 33.0 Å². The fraction of sp³-hybridized carbons (Fsp3) is 0.100. The first-order chi connectivity index (χ1) is 12.8. The molecular formula is C20H17N3O2S. The van der Waals surface area contributed by atoms with Crippen LogP contribution in [-0.4, -0.2) is 24.2 Å². The third kappa shape index (κ3) is 3.07. The van der Waals surface area contributed by atoms with Gasteiger partial charge in [-0.2, -0.15) is 0 Å². The minimum Gasteiger partial charge on any atom is -0.493 e. The van der Waals surface area contributed by atoms with Gasteiger partial charge in [0.25, 0.3) is 0 Å². The van der Waals surface area contributed by atoms with Crippen molar-refractivity contribution in [2.45, 2.75) is 0 Å². The average molecular weight is 363 g/mol. The molecule has 0 atom stereocenters. The number of anilines is 2. The molecule has 0 radical (unpaired) electrons. The van der Waals surface area contributed by atoms with Crippen molar-refractivity contribution in [3.63, 3.8) is 0 Å². The van der Waals surface area contributed by atoms with E-state index in [1.54, 1.807) is 31.8 Å². The summed E-state index contributed by atoms with van der Waals surface area (Å²) in [5.41, 5.74) is 3.81. The van der Waals surface area contributed by atoms with Crippen LogP contribution in [0.25, 0.3) is 22.2 Å². The zero-order valence-corrected chi connectivity index (χ0v) is 15.2. The predicted octanol–water partition coefficient (Wildman–Crippen LogP) is 5.12. The molecule has 2 aromatic carbocycles. The van der Waals surface area contributed by atoms with Gasteiger partial charge in [0.1, 0.15) is 0 Å². The molecule has 0 aliphatic carbocycles. The maximum absolute atomic E-state index is 5.38. The Balaban J connectivity index is 1.64. The van der Waals surface area contributed by atoms with Crippen LogP contribution in [0.3, 0.4) is 0 Å². The van der Waals surface area contributed by atoms with Crippen molar-refractivity contribution >= 4 is 33.1 Å². The summed E-state index contributed by atoms with van der Waals surface area (Å²) < 4.78 is 10.7. The Labute approximate surface area is 155 Å². The van der Waals surface area contributed by atoms with Crippen molar-refractivity contribution in [2.75, 3.05) is 19.5 Å². The predicted molar refractivity (Wildman–Crippen MR) is 106 cm³/mol. The van der Waals surface area contributed by atoms with Gasteiger partial charge in [0.2, 0.25) is 0 Å². The highest BCUT2D eigenvalue weighted by molar-refractivity contribution is 7.14. The summed E-state index contributed by atoms with van der Waals surface area (Å²) >= 11 is 1.56. The van der Waals surface area contributed by atoms with Gasteiger partial charge in [0, 0.05) is 28.2 Å². The number of fused-ring (bicyclic) bond motifs is 1. The molecule has 0 saturated carbocycles. The Hall–Kier alpha value is -3.12. The van der Waals surface area contributed by atoms with Gasteiger partial charge < -0.3 is 14.8 Å². The van der Waals surface area contributed by atoms with Crippen LogP contribution >= 0.6 is 11.3 Å². The molecule has 0 fully saturated rings. The number of ether oxygens (including phenoxy) is 2. The highest BCUT2D eigenvalue weighted by atomic mass is 32.1. The van der Waals surface area contributed by atoms with Crippen molar-refractivity contribution in [1.29, 1.82) is 0 Å². The number of methoxy groups -OCH3 is 2. The summed E-state index contributed by atoms with van der Waals surface area (Å²) in [5, 5.41) is 7.31. The quantitative estimate of drug-likeness (QED) is 0.533. The lowest BCUT2D eigenvalue weighted by atomic mass is 10.1. The number of thiazole rings is 1. The van der Waals surface area contributed by atoms with Crippen LogP contribution in [-0.2, 0) is 0 Å². The van der Waals surface area contributed by atoms with Gasteiger partial charge in [-0.15, -0.1) is 11.3 Å². The number of benzene rings is 2. The van der Waals surface area contributed by atoms with Gasteiger partial charge in [-0.05, 0) is 42.5 Å². The number of pyridine rings is 1. The van der Waals surface area contributed by atoms with E-state index in [2.05, 4.69) is 10.3 Å². The summed E-state index contributed by atoms with van der Waals surface area (Å²) in [5.74, 6) is 1.39. The molecule has 0 aliphatic heterocycles. The smallest absolute Gasteiger partial charge is 0.187 e. The van der Waals surface area contributed by atoms with E-state index in [4.69, 9.17) is 14.5 Å². The summed E-state index contributed by atoms with van der Waals surface area (Å²) in [6, 6.07) is 15.8. The number of nitrogens with one attached hydrogen (secondary N) is 1. The fourth-order valence-electron chi connectivity index (χ4n) is 2.79. The monoisotopic (exact) mass is 363 g/mol. The van der Waals surface area contributed by atoms with E-state index < -0.39 is 0 Å². The second kappa shape index (κ2) is 7.01. The molecule has 2 aromatic heterocycles. The number of hydrogen-bond donors (Lipinski definition) is 1. The molecule has 26 heavy (non-hydrogen) atoms. The Bertz CT molecular complexity index is 1060. The second-order valence-corrected chi connectivity index (χ2v) is 6.47. The molecular weight excluding hydrogens is 346 g/mol. The maximum atomic E-state index is 5.38. The Morgan fingerprint density at radius 3 is 2.69 bits per heavy atom. The summed E-state index contributed by atoms with van der Waals surface area (Å²) in [6.45, 7) is 0. The van der Waals surface area contributed by atoms with E-state index >= 15 is 0 Å². The average Bonchev–Trinajstić information content (AvgIpc) is 3.16. The van der Waals surface area contributed by atoms with Crippen molar-refractivity contribution in [2.24, 2.45) is 0 Å². The molecule has 0 saturated heterocycles. The third-order valence-electron chi connectivity index (χ3n) is 4.07. The molecule has 1 N–H and O–H groups in total. The van der Waals surface area contributed by atoms with Crippen molar-refractivity contribution in [1.82, 2.24) is 9.97 Å². The lowest BCUT2D eigenvalue weighted by Gasteiger charge is -2.08. The summed E-state index contributed by atoms with van der Waals surface area (Å²) in [4.78, 5) is 9.09. The lowest BCUT2D eigenvalue weighted by Crippen LogP contribution is -1.92. The van der Waals surface area contributed by atoms with E-state index in [-0.39, 0.29) is 0 Å². The molecule has 0 amide bonds. The minimum absolute atomic E-state index is 0.688. The minimum atomic E-state index is 0.688. The zero-order valence-electron chi connectivity index (χ0n) is 14.4. The first-order valence-corrected chi connectivity index (χ1v) is 8.95. The molecule has 0 aliphatic rings. The van der Waals surface area contributed by atoms with Crippen molar-refractivity contribution < 1.29 is 9.47 Å². The lowest BCUT2D eigenvalue weighted by molar-refractivity contribution is 0.355. The molecule has 0 spiro atoms. The highest BCUT2D eigenvalue weighted by Gasteiger charge is 2.10. The molecule has 6 heteroatoms. The second-order valence-electron chi connectivity index (χ2n) is 5.61. The molecule has 5 nitrogen and oxygen atoms in total. The van der Waals surface area contributed by atoms with E-state index in [0.29, 0.717) is 11.5 Å². The van der Waals surface area contributed by atoms with Crippen LogP contribution in [0, 0.1) is 0 Å². The van der Waals surface area contributed by atoms with Gasteiger partial charge in [-0.1, -0.05) is 6.07 Å². The van der Waals surface area contributed by atoms with Crippen molar-refractivity contribution in [3.05, 3.63) is 60.1 Å². The van der Waals surface area contributed by atoms with E-state index in [1.807, 2.05) is 53.9 Å². The largest absolute Gasteiger partial charge is 0.493 e. The standard InChI is InChI=1S/C20H17N3O2S/c1-24-18-9-8-13(11-19(18)25-2)17-12-26-20(23-17)22-16-7-3-6-15-14(16)5-4-10-21-15/h3-12H,1-2H3,(H,22,23). The van der Waals surface area contributed by atoms with Gasteiger partial charge >= 0.3 is 0 Å². The van der Waals surface area contributed by atoms with Crippen LogP contribution in [0.5, 0.6) is 11.5 Å². The Morgan fingerprint density at radius 1 is 0.962 bits per heavy atom. The number of hydrogen-bond acceptors (Lipinski definition) is 6. The van der Waals surface area contributed by atoms with Gasteiger partial charge in [0.05, 0.1) is 25.4 Å². The first-order valence-electron chi connectivity index (χ1n) is 8.07. The molecule has 130 valence electrons. The van der Waals surface area contributed by atoms with E-state index in [9.17, 15) is 0 Å². The summed E-state index contributed by atoms with van der Waals surface area (Å²) in [7, 11) is 3.26. The van der Waals surface area contributed by atoms with Gasteiger partial charge in [-0.25, -0.2) is 4.98 Å². The maximum Gasteiger partial charge on any atom is 0.187 e. The molecule has 2 heterocycles. The fourth-order valence-corrected chi connectivity index (χ4v) is 3.52. The Morgan fingerprint density at radius 2 is 1.85 bits per heavy atom. The third-order valence-corrected chi connectivity index (χ3v) is 4.83. The molecule has 4 aromatic rings. The topological polar surface area (TPSA) is 56.3 Å². The SMILES string of the molecule is COc1ccc(-c2csc(Nc3cccc4ncccc34)n2)cc1OC. The number of rotatable bonds is 5. The first kappa shape index (κ1) is 16.4. The van der Waals surface area contributed by atoms with Gasteiger partial charge in [-0.3, -0.25) is 4.98 Å². The summed E-state index contributed by atoms with van der Waals surface area (Å²) in [6.07, 6.45) is 1.80. The van der Waals surface area contributed by atoms with Crippen molar-refractivity contribution in [3.8, 4) is 22.8 Å². The molecule has 4 rings (SSSR count). The Kier molecular flexibility index (Phi) is 4.41.